The van der Waals surface area contributed by atoms with Crippen molar-refractivity contribution < 1.29 is 19.2 Å². The Balaban J connectivity index is 2.00. The molecule has 0 saturated heterocycles. The summed E-state index contributed by atoms with van der Waals surface area (Å²) in [5.41, 5.74) is 2.60. The van der Waals surface area contributed by atoms with Crippen LogP contribution < -0.4 is 4.74 Å². The van der Waals surface area contributed by atoms with Crippen LogP contribution >= 0.6 is 0 Å². The third-order valence-corrected chi connectivity index (χ3v) is 4.09. The van der Waals surface area contributed by atoms with Crippen molar-refractivity contribution in [2.45, 2.75) is 6.54 Å². The normalized spacial score (nSPS) is 10.4. The van der Waals surface area contributed by atoms with E-state index in [4.69, 9.17) is 9.47 Å². The third-order valence-electron chi connectivity index (χ3n) is 4.09. The summed E-state index contributed by atoms with van der Waals surface area (Å²) in [5, 5.41) is 11.1. The molecule has 0 fully saturated rings. The Morgan fingerprint density at radius 1 is 1.22 bits per heavy atom. The molecule has 8 heteroatoms. The van der Waals surface area contributed by atoms with Crippen molar-refractivity contribution >= 4 is 11.7 Å². The number of aromatic nitrogens is 2. The van der Waals surface area contributed by atoms with E-state index in [1.807, 2.05) is 12.1 Å². The maximum absolute atomic E-state index is 11.8. The van der Waals surface area contributed by atoms with Gasteiger partial charge in [0.05, 0.1) is 31.7 Å². The molecule has 0 saturated carbocycles. The fourth-order valence-electron chi connectivity index (χ4n) is 2.78. The van der Waals surface area contributed by atoms with Crippen LogP contribution in [0.2, 0.25) is 0 Å². The molecule has 27 heavy (non-hydrogen) atoms. The summed E-state index contributed by atoms with van der Waals surface area (Å²) in [5.74, 6) is 0.123. The van der Waals surface area contributed by atoms with Crippen LogP contribution in [0.15, 0.2) is 55.0 Å². The molecule has 0 bridgehead atoms. The first kappa shape index (κ1) is 18.1. The van der Waals surface area contributed by atoms with Gasteiger partial charge < -0.3 is 14.0 Å². The Morgan fingerprint density at radius 3 is 2.74 bits per heavy atom. The molecule has 138 valence electrons. The van der Waals surface area contributed by atoms with E-state index in [2.05, 4.69) is 4.98 Å². The van der Waals surface area contributed by atoms with Gasteiger partial charge in [-0.3, -0.25) is 10.1 Å². The molecular formula is C19H17N3O5. The molecule has 0 aliphatic heterocycles. The number of ether oxygens (including phenoxy) is 2. The van der Waals surface area contributed by atoms with E-state index < -0.39 is 10.9 Å². The van der Waals surface area contributed by atoms with Gasteiger partial charge in [-0.1, -0.05) is 18.2 Å². The number of nitro groups is 1. The fourth-order valence-corrected chi connectivity index (χ4v) is 2.78. The van der Waals surface area contributed by atoms with E-state index in [1.165, 1.54) is 25.4 Å². The maximum Gasteiger partial charge on any atom is 0.356 e. The van der Waals surface area contributed by atoms with Gasteiger partial charge in [-0.05, 0) is 23.3 Å². The minimum absolute atomic E-state index is 0.00235. The number of rotatable bonds is 6. The van der Waals surface area contributed by atoms with Crippen LogP contribution in [0.4, 0.5) is 5.69 Å². The standard InChI is InChI=1S/C19H17N3O5/c1-26-18-7-6-13(11-21-12-20-10-17(21)19(23)27-2)8-16(18)14-4-3-5-15(9-14)22(24)25/h3-10,12H,11H2,1-2H3. The summed E-state index contributed by atoms with van der Waals surface area (Å²) in [6, 6.07) is 11.9. The lowest BCUT2D eigenvalue weighted by atomic mass is 10.0. The molecule has 2 aromatic carbocycles. The van der Waals surface area contributed by atoms with Crippen LogP contribution in [-0.2, 0) is 11.3 Å². The molecule has 0 spiro atoms. The lowest BCUT2D eigenvalue weighted by molar-refractivity contribution is -0.384. The number of carbonyl (C=O) groups excluding carboxylic acids is 1. The number of imidazole rings is 1. The summed E-state index contributed by atoms with van der Waals surface area (Å²) in [6.07, 6.45) is 2.99. The summed E-state index contributed by atoms with van der Waals surface area (Å²) < 4.78 is 11.8. The predicted molar refractivity (Wildman–Crippen MR) is 97.8 cm³/mol. The van der Waals surface area contributed by atoms with Crippen LogP contribution in [0.1, 0.15) is 16.1 Å². The topological polar surface area (TPSA) is 96.5 Å². The monoisotopic (exact) mass is 367 g/mol. The molecule has 0 aliphatic carbocycles. The first-order valence-corrected chi connectivity index (χ1v) is 8.03. The molecule has 1 aromatic heterocycles. The number of nitro benzene ring substituents is 1. The van der Waals surface area contributed by atoms with Gasteiger partial charge in [0.25, 0.3) is 5.69 Å². The van der Waals surface area contributed by atoms with Crippen molar-refractivity contribution in [1.29, 1.82) is 0 Å². The van der Waals surface area contributed by atoms with Gasteiger partial charge in [0, 0.05) is 24.2 Å². The lowest BCUT2D eigenvalue weighted by Crippen LogP contribution is -2.10. The molecule has 3 rings (SSSR count). The highest BCUT2D eigenvalue weighted by Crippen LogP contribution is 2.33. The first-order chi connectivity index (χ1) is 13.0. The van der Waals surface area contributed by atoms with E-state index >= 15 is 0 Å². The molecule has 0 aliphatic rings. The molecule has 0 unspecified atom stereocenters. The molecule has 1 heterocycles. The summed E-state index contributed by atoms with van der Waals surface area (Å²) in [4.78, 5) is 26.4. The average molecular weight is 367 g/mol. The van der Waals surface area contributed by atoms with E-state index in [9.17, 15) is 14.9 Å². The number of benzene rings is 2. The molecular weight excluding hydrogens is 350 g/mol. The van der Waals surface area contributed by atoms with Crippen LogP contribution in [0.3, 0.4) is 0 Å². The Morgan fingerprint density at radius 2 is 2.04 bits per heavy atom. The summed E-state index contributed by atoms with van der Waals surface area (Å²) in [7, 11) is 2.86. The number of esters is 1. The Labute approximate surface area is 155 Å². The number of non-ortho nitro benzene ring substituents is 1. The zero-order valence-electron chi connectivity index (χ0n) is 14.8. The highest BCUT2D eigenvalue weighted by Gasteiger charge is 2.15. The van der Waals surface area contributed by atoms with Crippen molar-refractivity contribution in [3.05, 3.63) is 76.4 Å². The number of methoxy groups -OCH3 is 2. The highest BCUT2D eigenvalue weighted by atomic mass is 16.6. The minimum Gasteiger partial charge on any atom is -0.496 e. The summed E-state index contributed by atoms with van der Waals surface area (Å²) >= 11 is 0. The van der Waals surface area contributed by atoms with Crippen molar-refractivity contribution in [3.8, 4) is 16.9 Å². The zero-order chi connectivity index (χ0) is 19.4. The molecule has 0 N–H and O–H groups in total. The van der Waals surface area contributed by atoms with Crippen molar-refractivity contribution in [2.24, 2.45) is 0 Å². The van der Waals surface area contributed by atoms with Gasteiger partial charge in [-0.25, -0.2) is 9.78 Å². The predicted octanol–water partition coefficient (Wildman–Crippen LogP) is 3.30. The van der Waals surface area contributed by atoms with Crippen LogP contribution in [-0.4, -0.2) is 34.7 Å². The summed E-state index contributed by atoms with van der Waals surface area (Å²) in [6.45, 7) is 0.385. The van der Waals surface area contributed by atoms with Crippen LogP contribution in [0.5, 0.6) is 5.75 Å². The molecule has 8 nitrogen and oxygen atoms in total. The number of hydrogen-bond donors (Lipinski definition) is 0. The van der Waals surface area contributed by atoms with E-state index in [0.717, 1.165) is 11.1 Å². The molecule has 3 aromatic rings. The van der Waals surface area contributed by atoms with E-state index in [0.29, 0.717) is 23.6 Å². The first-order valence-electron chi connectivity index (χ1n) is 8.03. The minimum atomic E-state index is -0.472. The number of carbonyl (C=O) groups is 1. The smallest absolute Gasteiger partial charge is 0.356 e. The van der Waals surface area contributed by atoms with E-state index in [-0.39, 0.29) is 5.69 Å². The second-order valence-electron chi connectivity index (χ2n) is 5.74. The third kappa shape index (κ3) is 3.79. The second kappa shape index (κ2) is 7.69. The highest BCUT2D eigenvalue weighted by molar-refractivity contribution is 5.87. The Bertz CT molecular complexity index is 997. The van der Waals surface area contributed by atoms with Gasteiger partial charge >= 0.3 is 5.97 Å². The fraction of sp³-hybridized carbons (Fsp3) is 0.158. The maximum atomic E-state index is 11.8. The Hall–Kier alpha value is -3.68. The van der Waals surface area contributed by atoms with E-state index in [1.54, 1.807) is 36.2 Å². The Kier molecular flexibility index (Phi) is 5.16. The molecule has 0 atom stereocenters. The van der Waals surface area contributed by atoms with Crippen LogP contribution in [0, 0.1) is 10.1 Å². The quantitative estimate of drug-likeness (QED) is 0.377. The van der Waals surface area contributed by atoms with Gasteiger partial charge in [0.2, 0.25) is 0 Å². The largest absolute Gasteiger partial charge is 0.496 e. The molecule has 0 radical (unpaired) electrons. The SMILES string of the molecule is COC(=O)c1cncn1Cc1ccc(OC)c(-c2cccc([N+](=O)[O-])c2)c1. The number of hydrogen-bond acceptors (Lipinski definition) is 6. The average Bonchev–Trinajstić information content (AvgIpc) is 3.15. The van der Waals surface area contributed by atoms with Crippen LogP contribution in [0.25, 0.3) is 11.1 Å². The van der Waals surface area contributed by atoms with Gasteiger partial charge in [0.1, 0.15) is 11.4 Å². The van der Waals surface area contributed by atoms with Crippen molar-refractivity contribution in [2.75, 3.05) is 14.2 Å². The van der Waals surface area contributed by atoms with Crippen molar-refractivity contribution in [3.63, 3.8) is 0 Å². The zero-order valence-corrected chi connectivity index (χ0v) is 14.8. The number of nitrogens with zero attached hydrogens (tertiary/aromatic N) is 3. The lowest BCUT2D eigenvalue weighted by Gasteiger charge is -2.12. The van der Waals surface area contributed by atoms with Gasteiger partial charge in [-0.2, -0.15) is 0 Å². The van der Waals surface area contributed by atoms with Gasteiger partial charge in [-0.15, -0.1) is 0 Å². The van der Waals surface area contributed by atoms with Crippen molar-refractivity contribution in [1.82, 2.24) is 9.55 Å². The molecule has 0 amide bonds. The van der Waals surface area contributed by atoms with Gasteiger partial charge in [0.15, 0.2) is 0 Å². The second-order valence-corrected chi connectivity index (χ2v) is 5.74.